The minimum atomic E-state index is -0.112. The van der Waals surface area contributed by atoms with Crippen molar-refractivity contribution < 1.29 is 19.0 Å². The first kappa shape index (κ1) is 16.1. The molecule has 1 rings (SSSR count). The van der Waals surface area contributed by atoms with Crippen molar-refractivity contribution in [2.24, 2.45) is 0 Å². The summed E-state index contributed by atoms with van der Waals surface area (Å²) in [5.74, 6) is 1.24. The van der Waals surface area contributed by atoms with Gasteiger partial charge in [0.1, 0.15) is 11.5 Å². The summed E-state index contributed by atoms with van der Waals surface area (Å²) in [6, 6.07) is 5.34. The molecule has 6 heteroatoms. The number of methoxy groups -OCH3 is 3. The van der Waals surface area contributed by atoms with Gasteiger partial charge < -0.3 is 24.8 Å². The van der Waals surface area contributed by atoms with Crippen LogP contribution < -0.4 is 20.1 Å². The molecule has 0 bridgehead atoms. The number of hydrogen-bond acceptors (Lipinski definition) is 5. The third-order valence-electron chi connectivity index (χ3n) is 2.67. The highest BCUT2D eigenvalue weighted by Crippen LogP contribution is 2.28. The van der Waals surface area contributed by atoms with Crippen LogP contribution in [0.2, 0.25) is 0 Å². The van der Waals surface area contributed by atoms with Gasteiger partial charge in [0.2, 0.25) is 5.91 Å². The van der Waals surface area contributed by atoms with Crippen molar-refractivity contribution in [3.8, 4) is 11.5 Å². The van der Waals surface area contributed by atoms with Gasteiger partial charge in [-0.1, -0.05) is 0 Å². The fourth-order valence-corrected chi connectivity index (χ4v) is 1.75. The minimum absolute atomic E-state index is 0.0264. The molecule has 0 heterocycles. The van der Waals surface area contributed by atoms with Crippen LogP contribution in [0.3, 0.4) is 0 Å². The zero-order valence-electron chi connectivity index (χ0n) is 12.4. The van der Waals surface area contributed by atoms with E-state index in [1.54, 1.807) is 39.5 Å². The topological polar surface area (TPSA) is 68.8 Å². The second-order valence-corrected chi connectivity index (χ2v) is 4.34. The molecule has 0 saturated heterocycles. The standard InChI is InChI=1S/C14H22N2O4/c1-10(9-18-2)16-14(17)8-15-12-7-11(19-3)5-6-13(12)20-4/h5-7,10,15H,8-9H2,1-4H3,(H,16,17). The van der Waals surface area contributed by atoms with Gasteiger partial charge in [-0.25, -0.2) is 0 Å². The first-order valence-electron chi connectivity index (χ1n) is 6.35. The van der Waals surface area contributed by atoms with E-state index in [0.29, 0.717) is 23.8 Å². The Bertz CT molecular complexity index is 437. The molecule has 0 spiro atoms. The maximum Gasteiger partial charge on any atom is 0.239 e. The first-order chi connectivity index (χ1) is 9.60. The summed E-state index contributed by atoms with van der Waals surface area (Å²) in [5.41, 5.74) is 0.710. The summed E-state index contributed by atoms with van der Waals surface area (Å²) in [4.78, 5) is 11.8. The summed E-state index contributed by atoms with van der Waals surface area (Å²) >= 11 is 0. The van der Waals surface area contributed by atoms with E-state index in [0.717, 1.165) is 0 Å². The SMILES string of the molecule is COCC(C)NC(=O)CNc1cc(OC)ccc1OC. The normalized spacial score (nSPS) is 11.6. The van der Waals surface area contributed by atoms with E-state index in [1.165, 1.54) is 0 Å². The molecular weight excluding hydrogens is 260 g/mol. The molecule has 0 aromatic heterocycles. The molecule has 0 fully saturated rings. The van der Waals surface area contributed by atoms with E-state index in [9.17, 15) is 4.79 Å². The van der Waals surface area contributed by atoms with Crippen molar-refractivity contribution in [1.82, 2.24) is 5.32 Å². The Morgan fingerprint density at radius 3 is 2.60 bits per heavy atom. The summed E-state index contributed by atoms with van der Waals surface area (Å²) < 4.78 is 15.3. The Labute approximate surface area is 119 Å². The number of carbonyl (C=O) groups is 1. The van der Waals surface area contributed by atoms with Crippen LogP contribution in [0.15, 0.2) is 18.2 Å². The van der Waals surface area contributed by atoms with Crippen LogP contribution in [0.25, 0.3) is 0 Å². The van der Waals surface area contributed by atoms with Crippen molar-refractivity contribution in [1.29, 1.82) is 0 Å². The minimum Gasteiger partial charge on any atom is -0.497 e. The molecule has 20 heavy (non-hydrogen) atoms. The van der Waals surface area contributed by atoms with Crippen LogP contribution in [-0.4, -0.2) is 46.4 Å². The monoisotopic (exact) mass is 282 g/mol. The van der Waals surface area contributed by atoms with E-state index in [-0.39, 0.29) is 18.5 Å². The van der Waals surface area contributed by atoms with Crippen molar-refractivity contribution in [3.63, 3.8) is 0 Å². The first-order valence-corrected chi connectivity index (χ1v) is 6.35. The highest BCUT2D eigenvalue weighted by molar-refractivity contribution is 5.81. The Kier molecular flexibility index (Phi) is 6.66. The van der Waals surface area contributed by atoms with Gasteiger partial charge in [-0.3, -0.25) is 4.79 Å². The Morgan fingerprint density at radius 1 is 1.25 bits per heavy atom. The number of nitrogens with one attached hydrogen (secondary N) is 2. The molecule has 1 aromatic rings. The number of rotatable bonds is 8. The third-order valence-corrected chi connectivity index (χ3v) is 2.67. The molecular formula is C14H22N2O4. The lowest BCUT2D eigenvalue weighted by Crippen LogP contribution is -2.39. The summed E-state index contributed by atoms with van der Waals surface area (Å²) in [6.45, 7) is 2.51. The predicted molar refractivity (Wildman–Crippen MR) is 77.5 cm³/mol. The molecule has 1 aromatic carbocycles. The second-order valence-electron chi connectivity index (χ2n) is 4.34. The number of benzene rings is 1. The van der Waals surface area contributed by atoms with Gasteiger partial charge in [-0.15, -0.1) is 0 Å². The molecule has 0 aliphatic heterocycles. The van der Waals surface area contributed by atoms with Crippen molar-refractivity contribution in [2.75, 3.05) is 39.8 Å². The molecule has 0 radical (unpaired) electrons. The Hall–Kier alpha value is -1.95. The lowest BCUT2D eigenvalue weighted by Gasteiger charge is -2.15. The van der Waals surface area contributed by atoms with Gasteiger partial charge in [0.15, 0.2) is 0 Å². The van der Waals surface area contributed by atoms with Crippen LogP contribution in [0.5, 0.6) is 11.5 Å². The summed E-state index contributed by atoms with van der Waals surface area (Å²) in [6.07, 6.45) is 0. The number of anilines is 1. The quantitative estimate of drug-likeness (QED) is 0.751. The smallest absolute Gasteiger partial charge is 0.239 e. The second kappa shape index (κ2) is 8.27. The molecule has 0 saturated carbocycles. The molecule has 1 unspecified atom stereocenters. The number of ether oxygens (including phenoxy) is 3. The highest BCUT2D eigenvalue weighted by Gasteiger charge is 2.09. The van der Waals surface area contributed by atoms with Gasteiger partial charge >= 0.3 is 0 Å². The lowest BCUT2D eigenvalue weighted by molar-refractivity contribution is -0.120. The van der Waals surface area contributed by atoms with E-state index < -0.39 is 0 Å². The summed E-state index contributed by atoms with van der Waals surface area (Å²) in [7, 11) is 4.76. The maximum atomic E-state index is 11.8. The number of amides is 1. The van der Waals surface area contributed by atoms with E-state index in [2.05, 4.69) is 10.6 Å². The molecule has 0 aliphatic rings. The van der Waals surface area contributed by atoms with Gasteiger partial charge in [0, 0.05) is 19.2 Å². The van der Waals surface area contributed by atoms with Gasteiger partial charge in [0.05, 0.1) is 33.1 Å². The van der Waals surface area contributed by atoms with E-state index in [1.807, 2.05) is 6.92 Å². The largest absolute Gasteiger partial charge is 0.497 e. The Morgan fingerprint density at radius 2 is 2.00 bits per heavy atom. The lowest BCUT2D eigenvalue weighted by atomic mass is 10.2. The fourth-order valence-electron chi connectivity index (χ4n) is 1.75. The molecule has 1 atom stereocenters. The van der Waals surface area contributed by atoms with Crippen molar-refractivity contribution in [2.45, 2.75) is 13.0 Å². The molecule has 1 amide bonds. The van der Waals surface area contributed by atoms with E-state index >= 15 is 0 Å². The van der Waals surface area contributed by atoms with E-state index in [4.69, 9.17) is 14.2 Å². The molecule has 0 aliphatic carbocycles. The van der Waals surface area contributed by atoms with Crippen molar-refractivity contribution >= 4 is 11.6 Å². The number of carbonyl (C=O) groups excluding carboxylic acids is 1. The van der Waals surface area contributed by atoms with Crippen LogP contribution in [-0.2, 0) is 9.53 Å². The van der Waals surface area contributed by atoms with Crippen LogP contribution >= 0.6 is 0 Å². The maximum absolute atomic E-state index is 11.8. The average molecular weight is 282 g/mol. The highest BCUT2D eigenvalue weighted by atomic mass is 16.5. The zero-order chi connectivity index (χ0) is 15.0. The van der Waals surface area contributed by atoms with Gasteiger partial charge in [-0.05, 0) is 19.1 Å². The van der Waals surface area contributed by atoms with Crippen LogP contribution in [0, 0.1) is 0 Å². The average Bonchev–Trinajstić information content (AvgIpc) is 2.44. The molecule has 2 N–H and O–H groups in total. The fraction of sp³-hybridized carbons (Fsp3) is 0.500. The van der Waals surface area contributed by atoms with Crippen LogP contribution in [0.4, 0.5) is 5.69 Å². The molecule has 112 valence electrons. The summed E-state index contributed by atoms with van der Waals surface area (Å²) in [5, 5.41) is 5.85. The molecule has 6 nitrogen and oxygen atoms in total. The van der Waals surface area contributed by atoms with Gasteiger partial charge in [0.25, 0.3) is 0 Å². The zero-order valence-corrected chi connectivity index (χ0v) is 12.4. The predicted octanol–water partition coefficient (Wildman–Crippen LogP) is 1.27. The van der Waals surface area contributed by atoms with Crippen molar-refractivity contribution in [3.05, 3.63) is 18.2 Å². The Balaban J connectivity index is 2.57. The number of hydrogen-bond donors (Lipinski definition) is 2. The van der Waals surface area contributed by atoms with Gasteiger partial charge in [-0.2, -0.15) is 0 Å². The van der Waals surface area contributed by atoms with Crippen LogP contribution in [0.1, 0.15) is 6.92 Å². The third kappa shape index (κ3) is 4.97.